The van der Waals surface area contributed by atoms with Gasteiger partial charge in [0.05, 0.1) is 11.3 Å². The predicted octanol–water partition coefficient (Wildman–Crippen LogP) is 11.1. The number of benzene rings is 6. The molecule has 48 heavy (non-hydrogen) atoms. The minimum absolute atomic E-state index is 0.282. The van der Waals surface area contributed by atoms with Crippen LogP contribution < -0.4 is 10.6 Å². The zero-order chi connectivity index (χ0) is 33.7. The second-order valence-electron chi connectivity index (χ2n) is 12.3. The molecule has 6 aromatic rings. The van der Waals surface area contributed by atoms with Crippen molar-refractivity contribution in [2.75, 3.05) is 10.6 Å². The van der Waals surface area contributed by atoms with Crippen LogP contribution in [0.3, 0.4) is 0 Å². The van der Waals surface area contributed by atoms with E-state index < -0.39 is 5.97 Å². The Hall–Kier alpha value is -5.61. The lowest BCUT2D eigenvalue weighted by molar-refractivity contribution is 0.0698. The fraction of sp³-hybridized carbons (Fsp3) is 0.159. The standard InChI is InChI=1S/C22H21NO2.C22H23N/c1-16-6-5-9-19(14-16)23-21-15-18(12-13-20(21)22(24)25)11-10-17-7-3-2-4-8-17;1-17-7-6-10-21(15-17)23-22-16-20(12-11-18(22)2)14-13-19-8-4-3-5-9-19/h2-9,12-15,23H,10-11H2,1H3,(H,24,25);3-12,15-16,23H,13-14H2,1-2H3. The Balaban J connectivity index is 0.000000188. The summed E-state index contributed by atoms with van der Waals surface area (Å²) in [6.07, 6.45) is 3.93. The summed E-state index contributed by atoms with van der Waals surface area (Å²) in [4.78, 5) is 11.5. The quantitative estimate of drug-likeness (QED) is 0.133. The van der Waals surface area contributed by atoms with Crippen LogP contribution in [0.2, 0.25) is 0 Å². The summed E-state index contributed by atoms with van der Waals surface area (Å²) < 4.78 is 0. The van der Waals surface area contributed by atoms with Gasteiger partial charge in [0.1, 0.15) is 0 Å². The Morgan fingerprint density at radius 1 is 0.479 bits per heavy atom. The van der Waals surface area contributed by atoms with Gasteiger partial charge in [0, 0.05) is 17.1 Å². The summed E-state index contributed by atoms with van der Waals surface area (Å²) in [5.74, 6) is -0.926. The first-order valence-electron chi connectivity index (χ1n) is 16.5. The van der Waals surface area contributed by atoms with E-state index in [1.807, 2.05) is 61.5 Å². The number of aryl methyl sites for hydroxylation is 7. The van der Waals surface area contributed by atoms with Gasteiger partial charge in [0.15, 0.2) is 0 Å². The Labute approximate surface area is 285 Å². The van der Waals surface area contributed by atoms with Crippen molar-refractivity contribution in [3.63, 3.8) is 0 Å². The highest BCUT2D eigenvalue weighted by Gasteiger charge is 2.11. The van der Waals surface area contributed by atoms with Crippen LogP contribution in [0.4, 0.5) is 22.7 Å². The van der Waals surface area contributed by atoms with Crippen molar-refractivity contribution in [1.82, 2.24) is 0 Å². The fourth-order valence-electron chi connectivity index (χ4n) is 5.62. The smallest absolute Gasteiger partial charge is 0.337 e. The molecule has 0 aliphatic carbocycles. The number of carboxylic acids is 1. The van der Waals surface area contributed by atoms with Gasteiger partial charge in [-0.25, -0.2) is 4.79 Å². The second-order valence-corrected chi connectivity index (χ2v) is 12.3. The summed E-state index contributed by atoms with van der Waals surface area (Å²) in [5.41, 5.74) is 13.0. The number of carboxylic acid groups (broad SMARTS) is 1. The van der Waals surface area contributed by atoms with Gasteiger partial charge in [-0.3, -0.25) is 0 Å². The molecule has 4 heteroatoms. The molecule has 0 radical (unpaired) electrons. The molecule has 0 unspecified atom stereocenters. The number of carbonyl (C=O) groups is 1. The Bertz CT molecular complexity index is 1930. The Morgan fingerprint density at radius 3 is 1.44 bits per heavy atom. The van der Waals surface area contributed by atoms with E-state index in [-0.39, 0.29) is 5.56 Å². The number of anilines is 4. The first-order valence-corrected chi connectivity index (χ1v) is 16.5. The van der Waals surface area contributed by atoms with E-state index in [4.69, 9.17) is 0 Å². The van der Waals surface area contributed by atoms with Crippen LogP contribution in [0.15, 0.2) is 146 Å². The van der Waals surface area contributed by atoms with Crippen molar-refractivity contribution in [3.8, 4) is 0 Å². The van der Waals surface area contributed by atoms with Gasteiger partial charge >= 0.3 is 5.97 Å². The molecule has 0 bridgehead atoms. The van der Waals surface area contributed by atoms with Crippen molar-refractivity contribution < 1.29 is 9.90 Å². The van der Waals surface area contributed by atoms with E-state index in [0.717, 1.165) is 48.2 Å². The number of rotatable bonds is 11. The first kappa shape index (κ1) is 33.7. The van der Waals surface area contributed by atoms with E-state index in [9.17, 15) is 9.90 Å². The molecule has 0 aliphatic rings. The number of aromatic carboxylic acids is 1. The van der Waals surface area contributed by atoms with E-state index in [1.54, 1.807) is 6.07 Å². The molecule has 0 atom stereocenters. The third kappa shape index (κ3) is 10.2. The molecular weight excluding hydrogens is 588 g/mol. The van der Waals surface area contributed by atoms with Crippen LogP contribution in [0.1, 0.15) is 49.3 Å². The van der Waals surface area contributed by atoms with Crippen molar-refractivity contribution >= 4 is 28.7 Å². The minimum Gasteiger partial charge on any atom is -0.478 e. The molecule has 0 heterocycles. The van der Waals surface area contributed by atoms with E-state index in [2.05, 4.69) is 109 Å². The highest BCUT2D eigenvalue weighted by molar-refractivity contribution is 5.95. The topological polar surface area (TPSA) is 61.4 Å². The van der Waals surface area contributed by atoms with Crippen LogP contribution in [0, 0.1) is 20.8 Å². The molecule has 3 N–H and O–H groups in total. The second kappa shape index (κ2) is 16.8. The summed E-state index contributed by atoms with van der Waals surface area (Å²) in [6.45, 7) is 6.28. The molecule has 6 aromatic carbocycles. The first-order chi connectivity index (χ1) is 23.3. The molecule has 0 saturated heterocycles. The maximum Gasteiger partial charge on any atom is 0.337 e. The van der Waals surface area contributed by atoms with Crippen LogP contribution >= 0.6 is 0 Å². The largest absolute Gasteiger partial charge is 0.478 e. The molecule has 0 spiro atoms. The van der Waals surface area contributed by atoms with Crippen molar-refractivity contribution in [2.24, 2.45) is 0 Å². The zero-order valence-corrected chi connectivity index (χ0v) is 28.0. The lowest BCUT2D eigenvalue weighted by atomic mass is 10.0. The number of hydrogen-bond acceptors (Lipinski definition) is 3. The summed E-state index contributed by atoms with van der Waals surface area (Å²) in [6, 6.07) is 49.6. The fourth-order valence-corrected chi connectivity index (χ4v) is 5.62. The monoisotopic (exact) mass is 632 g/mol. The molecule has 0 aromatic heterocycles. The summed E-state index contributed by atoms with van der Waals surface area (Å²) >= 11 is 0. The number of nitrogens with one attached hydrogen (secondary N) is 2. The third-order valence-corrected chi connectivity index (χ3v) is 8.30. The van der Waals surface area contributed by atoms with Crippen LogP contribution in [0.25, 0.3) is 0 Å². The lowest BCUT2D eigenvalue weighted by Crippen LogP contribution is -2.04. The van der Waals surface area contributed by atoms with Gasteiger partial charge in [0.25, 0.3) is 0 Å². The van der Waals surface area contributed by atoms with Gasteiger partial charge < -0.3 is 15.7 Å². The summed E-state index contributed by atoms with van der Waals surface area (Å²) in [7, 11) is 0. The highest BCUT2D eigenvalue weighted by Crippen LogP contribution is 2.25. The average molecular weight is 633 g/mol. The van der Waals surface area contributed by atoms with Gasteiger partial charge in [-0.1, -0.05) is 103 Å². The Morgan fingerprint density at radius 2 is 0.938 bits per heavy atom. The highest BCUT2D eigenvalue weighted by atomic mass is 16.4. The average Bonchev–Trinajstić information content (AvgIpc) is 3.09. The van der Waals surface area contributed by atoms with Crippen LogP contribution in [0.5, 0.6) is 0 Å². The molecule has 4 nitrogen and oxygen atoms in total. The predicted molar refractivity (Wildman–Crippen MR) is 201 cm³/mol. The molecule has 6 rings (SSSR count). The van der Waals surface area contributed by atoms with Gasteiger partial charge in [-0.15, -0.1) is 0 Å². The van der Waals surface area contributed by atoms with Crippen molar-refractivity contribution in [2.45, 2.75) is 46.5 Å². The molecule has 0 aliphatic heterocycles. The van der Waals surface area contributed by atoms with Crippen molar-refractivity contribution in [3.05, 3.63) is 190 Å². The summed E-state index contributed by atoms with van der Waals surface area (Å²) in [5, 5.41) is 16.3. The zero-order valence-electron chi connectivity index (χ0n) is 28.0. The maximum absolute atomic E-state index is 11.5. The normalized spacial score (nSPS) is 10.5. The molecular formula is C44H44N2O2. The van der Waals surface area contributed by atoms with E-state index >= 15 is 0 Å². The van der Waals surface area contributed by atoms with Gasteiger partial charge in [0.2, 0.25) is 0 Å². The number of hydrogen-bond donors (Lipinski definition) is 3. The van der Waals surface area contributed by atoms with E-state index in [0.29, 0.717) is 5.69 Å². The van der Waals surface area contributed by atoms with Gasteiger partial charge in [-0.05, 0) is 128 Å². The van der Waals surface area contributed by atoms with Crippen LogP contribution in [-0.4, -0.2) is 11.1 Å². The minimum atomic E-state index is -0.926. The van der Waals surface area contributed by atoms with Crippen molar-refractivity contribution in [1.29, 1.82) is 0 Å². The molecule has 0 fully saturated rings. The van der Waals surface area contributed by atoms with Crippen LogP contribution in [-0.2, 0) is 25.7 Å². The van der Waals surface area contributed by atoms with Gasteiger partial charge in [-0.2, -0.15) is 0 Å². The Kier molecular flexibility index (Phi) is 11.8. The molecule has 242 valence electrons. The SMILES string of the molecule is Cc1cccc(Nc2cc(CCc3ccccc3)ccc2C(=O)O)c1.Cc1cccc(Nc2cc(CCc3ccccc3)ccc2C)c1. The molecule has 0 saturated carbocycles. The van der Waals surface area contributed by atoms with E-state index in [1.165, 1.54) is 33.5 Å². The lowest BCUT2D eigenvalue weighted by Gasteiger charge is -2.12. The molecule has 0 amide bonds. The maximum atomic E-state index is 11.5. The third-order valence-electron chi connectivity index (χ3n) is 8.30.